The van der Waals surface area contributed by atoms with Crippen LogP contribution in [-0.4, -0.2) is 38.6 Å². The van der Waals surface area contributed by atoms with E-state index in [1.54, 1.807) is 0 Å². The van der Waals surface area contributed by atoms with Gasteiger partial charge in [0.25, 0.3) is 0 Å². The third kappa shape index (κ3) is 4.81. The highest BCUT2D eigenvalue weighted by molar-refractivity contribution is 5.97. The van der Waals surface area contributed by atoms with Gasteiger partial charge in [-0.1, -0.05) is 12.1 Å². The molecule has 2 heterocycles. The minimum atomic E-state index is 0. The van der Waals surface area contributed by atoms with Crippen LogP contribution in [0.25, 0.3) is 0 Å². The van der Waals surface area contributed by atoms with Gasteiger partial charge in [-0.15, -0.1) is 24.8 Å². The van der Waals surface area contributed by atoms with Gasteiger partial charge >= 0.3 is 0 Å². The number of carbonyl (C=O) groups is 1. The Morgan fingerprint density at radius 2 is 1.80 bits per heavy atom. The normalized spacial score (nSPS) is 22.0. The van der Waals surface area contributed by atoms with Crippen molar-refractivity contribution < 1.29 is 4.79 Å². The highest BCUT2D eigenvalue weighted by Gasteiger charge is 2.30. The Morgan fingerprint density at radius 3 is 2.48 bits per heavy atom. The molecule has 1 amide bonds. The van der Waals surface area contributed by atoms with Gasteiger partial charge in [-0.3, -0.25) is 4.79 Å². The molecule has 0 radical (unpaired) electrons. The summed E-state index contributed by atoms with van der Waals surface area (Å²) in [4.78, 5) is 17.3. The third-order valence-corrected chi connectivity index (χ3v) is 5.51. The standard InChI is InChI=1S/C19H27N3O.2ClH/c23-19(8-7-15-9-10-20-13-15)22-12-11-21(14-16-5-6-16)17-3-1-2-4-18(17)22;;/h1-4,15-16,20H,5-14H2;2*1H. The Hall–Kier alpha value is -0.970. The Morgan fingerprint density at radius 1 is 1.04 bits per heavy atom. The second-order valence-corrected chi connectivity index (χ2v) is 7.32. The molecule has 1 N–H and O–H groups in total. The van der Waals surface area contributed by atoms with Gasteiger partial charge in [-0.2, -0.15) is 0 Å². The van der Waals surface area contributed by atoms with Crippen molar-refractivity contribution >= 4 is 42.1 Å². The Balaban J connectivity index is 0.00000113. The number of rotatable bonds is 5. The van der Waals surface area contributed by atoms with Crippen molar-refractivity contribution in [3.8, 4) is 0 Å². The molecule has 0 bridgehead atoms. The van der Waals surface area contributed by atoms with Gasteiger partial charge in [0.1, 0.15) is 0 Å². The van der Waals surface area contributed by atoms with Crippen LogP contribution in [0.1, 0.15) is 32.1 Å². The van der Waals surface area contributed by atoms with Crippen LogP contribution in [0.3, 0.4) is 0 Å². The van der Waals surface area contributed by atoms with Gasteiger partial charge in [0.2, 0.25) is 5.91 Å². The number of para-hydroxylation sites is 2. The van der Waals surface area contributed by atoms with E-state index in [1.165, 1.54) is 24.9 Å². The van der Waals surface area contributed by atoms with E-state index in [0.717, 1.165) is 50.7 Å². The molecule has 3 aliphatic rings. The summed E-state index contributed by atoms with van der Waals surface area (Å²) in [6.45, 7) is 5.17. The Bertz CT molecular complexity index is 574. The van der Waals surface area contributed by atoms with Crippen LogP contribution in [0.5, 0.6) is 0 Å². The number of halogens is 2. The molecule has 1 aromatic rings. The van der Waals surface area contributed by atoms with Gasteiger partial charge in [-0.25, -0.2) is 0 Å². The minimum Gasteiger partial charge on any atom is -0.368 e. The maximum atomic E-state index is 12.7. The minimum absolute atomic E-state index is 0. The lowest BCUT2D eigenvalue weighted by Crippen LogP contribution is -2.44. The predicted octanol–water partition coefficient (Wildman–Crippen LogP) is 3.48. The van der Waals surface area contributed by atoms with E-state index in [1.807, 2.05) is 4.90 Å². The molecular weight excluding hydrogens is 357 g/mol. The summed E-state index contributed by atoms with van der Waals surface area (Å²) in [5.74, 6) is 1.86. The average molecular weight is 386 g/mol. The van der Waals surface area contributed by atoms with Crippen molar-refractivity contribution in [3.63, 3.8) is 0 Å². The zero-order valence-corrected chi connectivity index (χ0v) is 16.3. The molecule has 140 valence electrons. The highest BCUT2D eigenvalue weighted by atomic mass is 35.5. The van der Waals surface area contributed by atoms with E-state index in [4.69, 9.17) is 0 Å². The van der Waals surface area contributed by atoms with Crippen LogP contribution in [0.2, 0.25) is 0 Å². The first-order valence-corrected chi connectivity index (χ1v) is 9.16. The highest BCUT2D eigenvalue weighted by Crippen LogP contribution is 2.37. The number of amides is 1. The zero-order valence-electron chi connectivity index (χ0n) is 14.7. The summed E-state index contributed by atoms with van der Waals surface area (Å²) in [6.07, 6.45) is 5.67. The summed E-state index contributed by atoms with van der Waals surface area (Å²) in [5, 5.41) is 3.39. The summed E-state index contributed by atoms with van der Waals surface area (Å²) < 4.78 is 0. The number of nitrogens with one attached hydrogen (secondary N) is 1. The third-order valence-electron chi connectivity index (χ3n) is 5.51. The number of benzene rings is 1. The zero-order chi connectivity index (χ0) is 15.6. The molecule has 2 fully saturated rings. The lowest BCUT2D eigenvalue weighted by molar-refractivity contribution is -0.118. The number of hydrogen-bond acceptors (Lipinski definition) is 3. The molecule has 4 nitrogen and oxygen atoms in total. The number of nitrogens with zero attached hydrogens (tertiary/aromatic N) is 2. The van der Waals surface area contributed by atoms with Crippen molar-refractivity contribution in [3.05, 3.63) is 24.3 Å². The molecule has 1 atom stereocenters. The van der Waals surface area contributed by atoms with Crippen molar-refractivity contribution in [1.82, 2.24) is 5.32 Å². The monoisotopic (exact) mass is 385 g/mol. The van der Waals surface area contributed by atoms with Crippen LogP contribution in [-0.2, 0) is 4.79 Å². The molecule has 0 spiro atoms. The van der Waals surface area contributed by atoms with Gasteiger partial charge in [0, 0.05) is 26.1 Å². The Labute approximate surface area is 163 Å². The fourth-order valence-electron chi connectivity index (χ4n) is 3.91. The van der Waals surface area contributed by atoms with Gasteiger partial charge in [-0.05, 0) is 62.7 Å². The molecule has 1 saturated carbocycles. The summed E-state index contributed by atoms with van der Waals surface area (Å²) in [7, 11) is 0. The number of fused-ring (bicyclic) bond motifs is 1. The SMILES string of the molecule is Cl.Cl.O=C(CCC1CCNC1)N1CCN(CC2CC2)c2ccccc21. The van der Waals surface area contributed by atoms with Crippen LogP contribution in [0, 0.1) is 11.8 Å². The topological polar surface area (TPSA) is 35.6 Å². The van der Waals surface area contributed by atoms with Crippen molar-refractivity contribution in [2.75, 3.05) is 42.5 Å². The average Bonchev–Trinajstić information content (AvgIpc) is 3.24. The van der Waals surface area contributed by atoms with Crippen molar-refractivity contribution in [2.45, 2.75) is 32.1 Å². The maximum absolute atomic E-state index is 12.7. The quantitative estimate of drug-likeness (QED) is 0.842. The number of hydrogen-bond donors (Lipinski definition) is 1. The Kier molecular flexibility index (Phi) is 7.41. The van der Waals surface area contributed by atoms with Crippen molar-refractivity contribution in [2.24, 2.45) is 11.8 Å². The van der Waals surface area contributed by atoms with Crippen LogP contribution in [0.4, 0.5) is 11.4 Å². The fraction of sp³-hybridized carbons (Fsp3) is 0.632. The first-order chi connectivity index (χ1) is 11.3. The largest absolute Gasteiger partial charge is 0.368 e. The second-order valence-electron chi connectivity index (χ2n) is 7.32. The van der Waals surface area contributed by atoms with E-state index < -0.39 is 0 Å². The molecule has 1 unspecified atom stereocenters. The summed E-state index contributed by atoms with van der Waals surface area (Å²) in [6, 6.07) is 8.44. The molecule has 1 aliphatic carbocycles. The van der Waals surface area contributed by atoms with Crippen LogP contribution < -0.4 is 15.1 Å². The van der Waals surface area contributed by atoms with E-state index in [-0.39, 0.29) is 24.8 Å². The molecule has 25 heavy (non-hydrogen) atoms. The van der Waals surface area contributed by atoms with Crippen LogP contribution >= 0.6 is 24.8 Å². The van der Waals surface area contributed by atoms with Crippen molar-refractivity contribution in [1.29, 1.82) is 0 Å². The molecule has 1 aromatic carbocycles. The summed E-state index contributed by atoms with van der Waals surface area (Å²) in [5.41, 5.74) is 2.37. The van der Waals surface area contributed by atoms with E-state index in [0.29, 0.717) is 18.2 Å². The van der Waals surface area contributed by atoms with E-state index >= 15 is 0 Å². The first-order valence-electron chi connectivity index (χ1n) is 9.16. The summed E-state index contributed by atoms with van der Waals surface area (Å²) >= 11 is 0. The smallest absolute Gasteiger partial charge is 0.227 e. The lowest BCUT2D eigenvalue weighted by Gasteiger charge is -2.38. The molecule has 4 rings (SSSR count). The first kappa shape index (κ1) is 20.3. The number of carbonyl (C=O) groups excluding carboxylic acids is 1. The van der Waals surface area contributed by atoms with Gasteiger partial charge in [0.15, 0.2) is 0 Å². The molecule has 6 heteroatoms. The maximum Gasteiger partial charge on any atom is 0.227 e. The van der Waals surface area contributed by atoms with E-state index in [9.17, 15) is 4.79 Å². The molecule has 1 saturated heterocycles. The molecule has 0 aromatic heterocycles. The molecule has 2 aliphatic heterocycles. The second kappa shape index (κ2) is 9.11. The van der Waals surface area contributed by atoms with Gasteiger partial charge in [0.05, 0.1) is 11.4 Å². The van der Waals surface area contributed by atoms with Gasteiger partial charge < -0.3 is 15.1 Å². The predicted molar refractivity (Wildman–Crippen MR) is 108 cm³/mol. The lowest BCUT2D eigenvalue weighted by atomic mass is 10.0. The number of anilines is 2. The van der Waals surface area contributed by atoms with Crippen LogP contribution in [0.15, 0.2) is 24.3 Å². The molecular formula is C19H29Cl2N3O. The fourth-order valence-corrected chi connectivity index (χ4v) is 3.91. The van der Waals surface area contributed by atoms with E-state index in [2.05, 4.69) is 34.5 Å².